The zero-order valence-corrected chi connectivity index (χ0v) is 38.8. The second-order valence-corrected chi connectivity index (χ2v) is 18.0. The number of nitriles is 2. The predicted octanol–water partition coefficient (Wildman–Crippen LogP) is 16.4. The lowest BCUT2D eigenvalue weighted by molar-refractivity contribution is 1.15. The molecule has 334 valence electrons. The molecule has 6 heteroatoms. The van der Waals surface area contributed by atoms with E-state index in [4.69, 9.17) is 9.97 Å². The summed E-state index contributed by atoms with van der Waals surface area (Å²) < 4.78 is 4.82. The highest BCUT2D eigenvalue weighted by atomic mass is 15.0. The number of benzene rings is 10. The molecule has 0 N–H and O–H groups in total. The molecule has 0 radical (unpaired) electrons. The lowest BCUT2D eigenvalue weighted by Gasteiger charge is -2.22. The van der Waals surface area contributed by atoms with Crippen molar-refractivity contribution >= 4 is 43.6 Å². The highest BCUT2D eigenvalue weighted by Crippen LogP contribution is 2.46. The molecule has 0 saturated carbocycles. The van der Waals surface area contributed by atoms with E-state index in [0.717, 1.165) is 116 Å². The Morgan fingerprint density at radius 2 is 0.750 bits per heavy atom. The van der Waals surface area contributed by atoms with E-state index in [-0.39, 0.29) is 0 Å². The lowest BCUT2D eigenvalue weighted by atomic mass is 9.93. The molecule has 13 rings (SSSR count). The minimum Gasteiger partial charge on any atom is -0.309 e. The second kappa shape index (κ2) is 17.4. The molecular weight excluding hydrogens is 877 g/mol. The molecule has 0 saturated heterocycles. The van der Waals surface area contributed by atoms with Gasteiger partial charge in [0.05, 0.1) is 68.1 Å². The Bertz CT molecular complexity index is 4270. The maximum Gasteiger partial charge on any atom is 0.160 e. The standard InChI is InChI=1S/C66H40N6/c67-41-43-26-30-45(31-27-43)49-34-36-62-55(38-49)51-18-7-10-22-59(51)71(62)61-24-12-9-20-54(61)65-53(58-40-57(47-14-3-1-4-15-47)69-66(70-58)48-16-5-2-6-17-48)21-13-25-64(65)72-60-23-11-8-19-52(60)56-39-50(35-37-63(56)72)46-32-28-44(42-68)29-33-46/h1-40H. The molecule has 0 amide bonds. The number of fused-ring (bicyclic) bond motifs is 6. The molecular formula is C66H40N6. The van der Waals surface area contributed by atoms with Crippen molar-refractivity contribution in [2.45, 2.75) is 0 Å². The first-order chi connectivity index (χ1) is 35.6. The van der Waals surface area contributed by atoms with Crippen LogP contribution in [0.2, 0.25) is 0 Å². The summed E-state index contributed by atoms with van der Waals surface area (Å²) >= 11 is 0. The van der Waals surface area contributed by atoms with Gasteiger partial charge in [0.15, 0.2) is 5.82 Å². The highest BCUT2D eigenvalue weighted by Gasteiger charge is 2.25. The van der Waals surface area contributed by atoms with Crippen LogP contribution >= 0.6 is 0 Å². The Balaban J connectivity index is 1.11. The Morgan fingerprint density at radius 3 is 1.33 bits per heavy atom. The van der Waals surface area contributed by atoms with E-state index in [0.29, 0.717) is 17.0 Å². The van der Waals surface area contributed by atoms with Crippen LogP contribution < -0.4 is 0 Å². The number of hydrogen-bond acceptors (Lipinski definition) is 4. The minimum atomic E-state index is 0.633. The van der Waals surface area contributed by atoms with Crippen molar-refractivity contribution in [1.29, 1.82) is 10.5 Å². The van der Waals surface area contributed by atoms with Gasteiger partial charge in [0, 0.05) is 49.4 Å². The molecule has 0 unspecified atom stereocenters. The van der Waals surface area contributed by atoms with Gasteiger partial charge in [0.1, 0.15) is 0 Å². The fourth-order valence-corrected chi connectivity index (χ4v) is 10.5. The zero-order valence-electron chi connectivity index (χ0n) is 38.8. The maximum absolute atomic E-state index is 9.56. The lowest BCUT2D eigenvalue weighted by Crippen LogP contribution is -2.04. The molecule has 0 aliphatic carbocycles. The van der Waals surface area contributed by atoms with Gasteiger partial charge in [0.25, 0.3) is 0 Å². The van der Waals surface area contributed by atoms with Gasteiger partial charge >= 0.3 is 0 Å². The molecule has 72 heavy (non-hydrogen) atoms. The van der Waals surface area contributed by atoms with Gasteiger partial charge in [-0.1, -0.05) is 164 Å². The van der Waals surface area contributed by atoms with Crippen LogP contribution in [-0.4, -0.2) is 19.1 Å². The zero-order chi connectivity index (χ0) is 48.1. The summed E-state index contributed by atoms with van der Waals surface area (Å²) in [4.78, 5) is 10.7. The van der Waals surface area contributed by atoms with E-state index in [9.17, 15) is 10.5 Å². The van der Waals surface area contributed by atoms with Crippen LogP contribution in [-0.2, 0) is 0 Å². The molecule has 13 aromatic rings. The number of hydrogen-bond donors (Lipinski definition) is 0. The molecule has 0 bridgehead atoms. The van der Waals surface area contributed by atoms with Crippen LogP contribution in [0.25, 0.3) is 122 Å². The smallest absolute Gasteiger partial charge is 0.160 e. The summed E-state index contributed by atoms with van der Waals surface area (Å²) in [5, 5.41) is 23.6. The Morgan fingerprint density at radius 1 is 0.306 bits per heavy atom. The van der Waals surface area contributed by atoms with Gasteiger partial charge in [-0.15, -0.1) is 0 Å². The molecule has 0 spiro atoms. The molecule has 3 aromatic heterocycles. The van der Waals surface area contributed by atoms with E-state index >= 15 is 0 Å². The quantitative estimate of drug-likeness (QED) is 0.152. The van der Waals surface area contributed by atoms with Gasteiger partial charge in [-0.3, -0.25) is 0 Å². The van der Waals surface area contributed by atoms with Crippen LogP contribution in [0.1, 0.15) is 11.1 Å². The van der Waals surface area contributed by atoms with Gasteiger partial charge in [-0.25, -0.2) is 9.97 Å². The summed E-state index contributed by atoms with van der Waals surface area (Å²) in [6.45, 7) is 0. The number of para-hydroxylation sites is 3. The van der Waals surface area contributed by atoms with Crippen molar-refractivity contribution in [3.63, 3.8) is 0 Å². The third kappa shape index (κ3) is 7.10. The molecule has 0 atom stereocenters. The summed E-state index contributed by atoms with van der Waals surface area (Å²) in [5.41, 5.74) is 18.4. The SMILES string of the molecule is N#Cc1ccc(-c2ccc3c(c2)c2ccccc2n3-c2ccccc2-c2c(-c3cc(-c4ccccc4)nc(-c4ccccc4)n3)cccc2-n2c3ccccc3c3cc(-c4ccc(C#N)cc4)ccc32)cc1. The molecule has 3 heterocycles. The van der Waals surface area contributed by atoms with Gasteiger partial charge in [-0.05, 0) is 101 Å². The van der Waals surface area contributed by atoms with Crippen LogP contribution in [0, 0.1) is 22.7 Å². The third-order valence-corrected chi connectivity index (χ3v) is 13.8. The van der Waals surface area contributed by atoms with Crippen molar-refractivity contribution in [2.75, 3.05) is 0 Å². The van der Waals surface area contributed by atoms with Crippen molar-refractivity contribution in [3.05, 3.63) is 254 Å². The van der Waals surface area contributed by atoms with Crippen molar-refractivity contribution in [3.8, 4) is 90.8 Å². The van der Waals surface area contributed by atoms with Gasteiger partial charge in [-0.2, -0.15) is 10.5 Å². The Labute approximate surface area is 415 Å². The number of nitrogens with zero attached hydrogens (tertiary/aromatic N) is 6. The Kier molecular flexibility index (Phi) is 10.2. The van der Waals surface area contributed by atoms with Crippen molar-refractivity contribution in [2.24, 2.45) is 0 Å². The average molecular weight is 917 g/mol. The van der Waals surface area contributed by atoms with E-state index < -0.39 is 0 Å². The first-order valence-corrected chi connectivity index (χ1v) is 23.9. The van der Waals surface area contributed by atoms with Gasteiger partial charge < -0.3 is 9.13 Å². The van der Waals surface area contributed by atoms with Crippen molar-refractivity contribution in [1.82, 2.24) is 19.1 Å². The average Bonchev–Trinajstić information content (AvgIpc) is 3.97. The monoisotopic (exact) mass is 916 g/mol. The first kappa shape index (κ1) is 42.0. The summed E-state index contributed by atoms with van der Waals surface area (Å²) in [7, 11) is 0. The molecule has 0 aliphatic rings. The summed E-state index contributed by atoms with van der Waals surface area (Å²) in [5.74, 6) is 0.643. The maximum atomic E-state index is 9.56. The molecule has 10 aromatic carbocycles. The van der Waals surface area contributed by atoms with E-state index in [2.05, 4.69) is 191 Å². The normalized spacial score (nSPS) is 11.3. The van der Waals surface area contributed by atoms with E-state index in [1.54, 1.807) is 0 Å². The minimum absolute atomic E-state index is 0.633. The van der Waals surface area contributed by atoms with Crippen LogP contribution in [0.15, 0.2) is 243 Å². The van der Waals surface area contributed by atoms with Crippen LogP contribution in [0.5, 0.6) is 0 Å². The first-order valence-electron chi connectivity index (χ1n) is 23.9. The van der Waals surface area contributed by atoms with Gasteiger partial charge in [0.2, 0.25) is 0 Å². The largest absolute Gasteiger partial charge is 0.309 e. The summed E-state index contributed by atoms with van der Waals surface area (Å²) in [6, 6.07) is 88.8. The second-order valence-electron chi connectivity index (χ2n) is 18.0. The molecule has 0 aliphatic heterocycles. The predicted molar refractivity (Wildman–Crippen MR) is 293 cm³/mol. The number of rotatable bonds is 8. The van der Waals surface area contributed by atoms with Crippen LogP contribution in [0.4, 0.5) is 0 Å². The fraction of sp³-hybridized carbons (Fsp3) is 0. The summed E-state index contributed by atoms with van der Waals surface area (Å²) in [6.07, 6.45) is 0. The van der Waals surface area contributed by atoms with E-state index in [1.165, 1.54) is 0 Å². The number of aromatic nitrogens is 4. The molecule has 6 nitrogen and oxygen atoms in total. The van der Waals surface area contributed by atoms with E-state index in [1.807, 2.05) is 72.8 Å². The Hall–Kier alpha value is -10.1. The fourth-order valence-electron chi connectivity index (χ4n) is 10.5. The van der Waals surface area contributed by atoms with Crippen molar-refractivity contribution < 1.29 is 0 Å². The third-order valence-electron chi connectivity index (χ3n) is 13.8. The molecule has 0 fully saturated rings. The van der Waals surface area contributed by atoms with Crippen LogP contribution in [0.3, 0.4) is 0 Å². The highest BCUT2D eigenvalue weighted by molar-refractivity contribution is 6.13. The topological polar surface area (TPSA) is 83.2 Å².